The van der Waals surface area contributed by atoms with Crippen LogP contribution < -0.4 is 15.5 Å². The van der Waals surface area contributed by atoms with E-state index in [9.17, 15) is 9.59 Å². The van der Waals surface area contributed by atoms with Crippen LogP contribution in [0.2, 0.25) is 0 Å². The summed E-state index contributed by atoms with van der Waals surface area (Å²) in [5.74, 6) is 0.0741. The predicted molar refractivity (Wildman–Crippen MR) is 79.6 cm³/mol. The van der Waals surface area contributed by atoms with Gasteiger partial charge in [-0.15, -0.1) is 0 Å². The number of rotatable bonds is 3. The minimum Gasteiger partial charge on any atom is -0.376 e. The number of amides is 3. The summed E-state index contributed by atoms with van der Waals surface area (Å²) in [6.45, 7) is 1.30. The fourth-order valence-electron chi connectivity index (χ4n) is 2.74. The van der Waals surface area contributed by atoms with E-state index >= 15 is 0 Å². The van der Waals surface area contributed by atoms with E-state index in [0.717, 1.165) is 30.7 Å². The maximum atomic E-state index is 11.8. The zero-order valence-corrected chi connectivity index (χ0v) is 12.0. The Hall–Kier alpha value is -2.08. The molecule has 1 atom stereocenters. The van der Waals surface area contributed by atoms with Crippen molar-refractivity contribution in [1.82, 2.24) is 5.32 Å². The molecule has 0 aliphatic carbocycles. The second-order valence-corrected chi connectivity index (χ2v) is 5.44. The van der Waals surface area contributed by atoms with Crippen molar-refractivity contribution < 1.29 is 14.3 Å². The summed E-state index contributed by atoms with van der Waals surface area (Å²) in [7, 11) is 1.76. The summed E-state index contributed by atoms with van der Waals surface area (Å²) in [4.78, 5) is 25.1. The van der Waals surface area contributed by atoms with Crippen molar-refractivity contribution >= 4 is 23.3 Å². The number of fused-ring (bicyclic) bond motifs is 1. The molecular weight excluding hydrogens is 270 g/mol. The minimum atomic E-state index is -0.247. The fraction of sp³-hybridized carbons (Fsp3) is 0.467. The molecule has 2 heterocycles. The molecule has 2 N–H and O–H groups in total. The first-order chi connectivity index (χ1) is 10.1. The molecule has 21 heavy (non-hydrogen) atoms. The van der Waals surface area contributed by atoms with E-state index in [1.54, 1.807) is 18.0 Å². The highest BCUT2D eigenvalue weighted by atomic mass is 16.5. The molecule has 3 rings (SSSR count). The van der Waals surface area contributed by atoms with Crippen molar-refractivity contribution in [3.8, 4) is 0 Å². The van der Waals surface area contributed by atoms with Crippen LogP contribution in [-0.4, -0.2) is 38.2 Å². The second-order valence-electron chi connectivity index (χ2n) is 5.44. The number of ether oxygens (including phenoxy) is 1. The molecule has 112 valence electrons. The first-order valence-corrected chi connectivity index (χ1v) is 7.19. The van der Waals surface area contributed by atoms with Crippen molar-refractivity contribution in [2.75, 3.05) is 30.4 Å². The molecule has 6 heteroatoms. The first kappa shape index (κ1) is 13.9. The zero-order valence-electron chi connectivity index (χ0n) is 12.0. The molecule has 0 spiro atoms. The van der Waals surface area contributed by atoms with Gasteiger partial charge in [0.2, 0.25) is 5.91 Å². The van der Waals surface area contributed by atoms with Crippen molar-refractivity contribution in [3.05, 3.63) is 23.8 Å². The third-order valence-corrected chi connectivity index (χ3v) is 3.93. The number of nitrogens with one attached hydrogen (secondary N) is 2. The van der Waals surface area contributed by atoms with Crippen LogP contribution in [0.4, 0.5) is 16.2 Å². The summed E-state index contributed by atoms with van der Waals surface area (Å²) in [5.41, 5.74) is 2.55. The number of hydrogen-bond donors (Lipinski definition) is 2. The molecular formula is C15H19N3O3. The third kappa shape index (κ3) is 3.00. The maximum Gasteiger partial charge on any atom is 0.319 e. The third-order valence-electron chi connectivity index (χ3n) is 3.93. The number of carbonyl (C=O) groups excluding carboxylic acids is 2. The summed E-state index contributed by atoms with van der Waals surface area (Å²) in [6, 6.07) is 5.26. The summed E-state index contributed by atoms with van der Waals surface area (Å²) in [5, 5.41) is 5.60. The minimum absolute atomic E-state index is 0.0741. The van der Waals surface area contributed by atoms with Gasteiger partial charge in [-0.1, -0.05) is 0 Å². The van der Waals surface area contributed by atoms with Crippen LogP contribution >= 0.6 is 0 Å². The van der Waals surface area contributed by atoms with E-state index in [4.69, 9.17) is 4.74 Å². The lowest BCUT2D eigenvalue weighted by Crippen LogP contribution is -2.35. The number of benzene rings is 1. The predicted octanol–water partition coefficient (Wildman–Crippen LogP) is 1.51. The van der Waals surface area contributed by atoms with E-state index in [-0.39, 0.29) is 18.0 Å². The van der Waals surface area contributed by atoms with Crippen LogP contribution in [0, 0.1) is 0 Å². The van der Waals surface area contributed by atoms with E-state index in [0.29, 0.717) is 18.7 Å². The molecule has 0 unspecified atom stereocenters. The molecule has 0 aromatic heterocycles. The number of carbonyl (C=O) groups is 2. The van der Waals surface area contributed by atoms with Crippen LogP contribution in [0.1, 0.15) is 18.4 Å². The van der Waals surface area contributed by atoms with Gasteiger partial charge in [0.25, 0.3) is 0 Å². The van der Waals surface area contributed by atoms with Crippen molar-refractivity contribution in [3.63, 3.8) is 0 Å². The van der Waals surface area contributed by atoms with Crippen LogP contribution in [0.25, 0.3) is 0 Å². The van der Waals surface area contributed by atoms with Crippen LogP contribution in [0.5, 0.6) is 0 Å². The summed E-state index contributed by atoms with van der Waals surface area (Å²) in [6.07, 6.45) is 2.56. The molecule has 3 amide bonds. The molecule has 1 fully saturated rings. The lowest BCUT2D eigenvalue weighted by atomic mass is 10.1. The Morgan fingerprint density at radius 2 is 2.33 bits per heavy atom. The number of urea groups is 1. The van der Waals surface area contributed by atoms with E-state index in [1.807, 2.05) is 12.1 Å². The highest BCUT2D eigenvalue weighted by Gasteiger charge is 2.24. The van der Waals surface area contributed by atoms with Gasteiger partial charge in [-0.25, -0.2) is 4.79 Å². The number of likely N-dealkylation sites (N-methyl/N-ethyl adjacent to an activating group) is 1. The van der Waals surface area contributed by atoms with Gasteiger partial charge in [0.1, 0.15) is 0 Å². The van der Waals surface area contributed by atoms with Gasteiger partial charge in [0, 0.05) is 31.6 Å². The number of nitrogens with zero attached hydrogens (tertiary/aromatic N) is 1. The molecule has 1 aromatic rings. The Morgan fingerprint density at radius 1 is 1.48 bits per heavy atom. The summed E-state index contributed by atoms with van der Waals surface area (Å²) >= 11 is 0. The van der Waals surface area contributed by atoms with Crippen LogP contribution in [-0.2, 0) is 16.0 Å². The molecule has 0 bridgehead atoms. The molecule has 1 saturated heterocycles. The monoisotopic (exact) mass is 289 g/mol. The van der Waals surface area contributed by atoms with Crippen molar-refractivity contribution in [2.45, 2.75) is 25.4 Å². The van der Waals surface area contributed by atoms with Crippen molar-refractivity contribution in [1.29, 1.82) is 0 Å². The molecule has 6 nitrogen and oxygen atoms in total. The highest BCUT2D eigenvalue weighted by Crippen LogP contribution is 2.29. The Kier molecular flexibility index (Phi) is 3.79. The first-order valence-electron chi connectivity index (χ1n) is 7.19. The maximum absolute atomic E-state index is 11.8. The second kappa shape index (κ2) is 5.73. The van der Waals surface area contributed by atoms with Gasteiger partial charge in [0.05, 0.1) is 12.5 Å². The number of anilines is 2. The summed E-state index contributed by atoms with van der Waals surface area (Å²) < 4.78 is 5.45. The van der Waals surface area contributed by atoms with Gasteiger partial charge in [-0.2, -0.15) is 0 Å². The standard InChI is InChI=1S/C15H19N3O3/c1-18-13-5-4-11(7-10(13)8-14(18)19)17-15(20)16-9-12-3-2-6-21-12/h4-5,7,12H,2-3,6,8-9H2,1H3,(H2,16,17,20)/t12-/m1/s1. The smallest absolute Gasteiger partial charge is 0.319 e. The van der Waals surface area contributed by atoms with E-state index < -0.39 is 0 Å². The van der Waals surface area contributed by atoms with Gasteiger partial charge >= 0.3 is 6.03 Å². The Labute approximate surface area is 123 Å². The Morgan fingerprint density at radius 3 is 3.10 bits per heavy atom. The van der Waals surface area contributed by atoms with Gasteiger partial charge < -0.3 is 20.3 Å². The van der Waals surface area contributed by atoms with Gasteiger partial charge in [-0.05, 0) is 36.6 Å². The quantitative estimate of drug-likeness (QED) is 0.886. The highest BCUT2D eigenvalue weighted by molar-refractivity contribution is 6.01. The SMILES string of the molecule is CN1C(=O)Cc2cc(NC(=O)NC[C@H]3CCCO3)ccc21. The Bertz CT molecular complexity index is 567. The van der Waals surface area contributed by atoms with Crippen molar-refractivity contribution in [2.24, 2.45) is 0 Å². The lowest BCUT2D eigenvalue weighted by molar-refractivity contribution is -0.117. The molecule has 1 aromatic carbocycles. The topological polar surface area (TPSA) is 70.7 Å². The van der Waals surface area contributed by atoms with Crippen LogP contribution in [0.3, 0.4) is 0 Å². The molecule has 0 radical (unpaired) electrons. The van der Waals surface area contributed by atoms with E-state index in [1.165, 1.54) is 0 Å². The van der Waals surface area contributed by atoms with Crippen LogP contribution in [0.15, 0.2) is 18.2 Å². The lowest BCUT2D eigenvalue weighted by Gasteiger charge is -2.13. The zero-order chi connectivity index (χ0) is 14.8. The van der Waals surface area contributed by atoms with E-state index in [2.05, 4.69) is 10.6 Å². The molecule has 0 saturated carbocycles. The number of hydrogen-bond acceptors (Lipinski definition) is 3. The average molecular weight is 289 g/mol. The van der Waals surface area contributed by atoms with Gasteiger partial charge in [0.15, 0.2) is 0 Å². The Balaban J connectivity index is 1.57. The van der Waals surface area contributed by atoms with Gasteiger partial charge in [-0.3, -0.25) is 4.79 Å². The average Bonchev–Trinajstić information content (AvgIpc) is 3.06. The largest absolute Gasteiger partial charge is 0.376 e. The normalized spacial score (nSPS) is 20.5. The fourth-order valence-corrected chi connectivity index (χ4v) is 2.74. The molecule has 2 aliphatic rings. The molecule has 2 aliphatic heterocycles.